The van der Waals surface area contributed by atoms with Crippen LogP contribution in [0.25, 0.3) is 0 Å². The van der Waals surface area contributed by atoms with Crippen molar-refractivity contribution < 1.29 is 4.79 Å². The van der Waals surface area contributed by atoms with Crippen LogP contribution in [0.3, 0.4) is 0 Å². The molecule has 0 bridgehead atoms. The summed E-state index contributed by atoms with van der Waals surface area (Å²) in [5, 5.41) is 6.30. The van der Waals surface area contributed by atoms with E-state index in [1.165, 1.54) is 0 Å². The molecule has 0 aliphatic carbocycles. The number of aromatic nitrogens is 2. The van der Waals surface area contributed by atoms with Crippen LogP contribution < -0.4 is 10.6 Å². The van der Waals surface area contributed by atoms with Gasteiger partial charge in [0.15, 0.2) is 5.96 Å². The Morgan fingerprint density at radius 2 is 2.11 bits per heavy atom. The van der Waals surface area contributed by atoms with Crippen molar-refractivity contribution in [3.05, 3.63) is 54.6 Å². The molecular weight excluding hydrogens is 352 g/mol. The third kappa shape index (κ3) is 5.34. The van der Waals surface area contributed by atoms with Crippen molar-refractivity contribution in [1.82, 2.24) is 25.1 Å². The quantitative estimate of drug-likeness (QED) is 0.592. The van der Waals surface area contributed by atoms with Crippen molar-refractivity contribution in [1.29, 1.82) is 0 Å². The van der Waals surface area contributed by atoms with Gasteiger partial charge in [-0.15, -0.1) is 0 Å². The van der Waals surface area contributed by atoms with E-state index in [-0.39, 0.29) is 5.91 Å². The van der Waals surface area contributed by atoms with Crippen LogP contribution in [0, 0.1) is 5.92 Å². The van der Waals surface area contributed by atoms with Gasteiger partial charge >= 0.3 is 0 Å². The minimum Gasteiger partial charge on any atom is -0.356 e. The normalized spacial score (nSPS) is 20.1. The fourth-order valence-corrected chi connectivity index (χ4v) is 3.60. The topological polar surface area (TPSA) is 74.6 Å². The molecule has 1 amide bonds. The minimum atomic E-state index is 0.0374. The van der Waals surface area contributed by atoms with Crippen LogP contribution in [0.5, 0.6) is 0 Å². The molecule has 1 aromatic carbocycles. The number of likely N-dealkylation sites (tertiary alicyclic amines) is 1. The molecule has 1 aliphatic heterocycles. The molecule has 0 spiro atoms. The van der Waals surface area contributed by atoms with E-state index >= 15 is 0 Å². The summed E-state index contributed by atoms with van der Waals surface area (Å²) in [6.07, 6.45) is 7.25. The first kappa shape index (κ1) is 19.9. The van der Waals surface area contributed by atoms with Gasteiger partial charge in [-0.3, -0.25) is 9.79 Å². The van der Waals surface area contributed by atoms with E-state index in [4.69, 9.17) is 0 Å². The predicted octanol–water partition coefficient (Wildman–Crippen LogP) is 2.05. The number of carbonyl (C=O) groups excluding carboxylic acids is 1. The number of nitrogens with one attached hydrogen (secondary N) is 2. The van der Waals surface area contributed by atoms with Crippen LogP contribution in [0.2, 0.25) is 0 Å². The molecule has 1 fully saturated rings. The van der Waals surface area contributed by atoms with Crippen molar-refractivity contribution in [2.45, 2.75) is 32.4 Å². The number of amides is 1. The molecule has 2 aromatic rings. The van der Waals surface area contributed by atoms with E-state index in [9.17, 15) is 4.79 Å². The lowest BCUT2D eigenvalue weighted by molar-refractivity contribution is -0.121. The lowest BCUT2D eigenvalue weighted by atomic mass is 9.93. The van der Waals surface area contributed by atoms with Gasteiger partial charge in [0.2, 0.25) is 5.91 Å². The average Bonchev–Trinajstić information content (AvgIpc) is 3.26. The highest BCUT2D eigenvalue weighted by molar-refractivity contribution is 5.81. The molecule has 0 saturated carbocycles. The number of aliphatic imine (C=N–C) groups is 1. The van der Waals surface area contributed by atoms with Crippen molar-refractivity contribution >= 4 is 11.9 Å². The summed E-state index contributed by atoms with van der Waals surface area (Å²) in [6.45, 7) is 5.26. The Morgan fingerprint density at radius 1 is 1.29 bits per heavy atom. The summed E-state index contributed by atoms with van der Waals surface area (Å²) in [6, 6.07) is 10.3. The molecule has 1 aromatic heterocycles. The van der Waals surface area contributed by atoms with Gasteiger partial charge in [-0.2, -0.15) is 0 Å². The fourth-order valence-electron chi connectivity index (χ4n) is 3.60. The van der Waals surface area contributed by atoms with Crippen molar-refractivity contribution in [3.8, 4) is 0 Å². The van der Waals surface area contributed by atoms with Crippen LogP contribution >= 0.6 is 0 Å². The smallest absolute Gasteiger partial charge is 0.222 e. The Hall–Kier alpha value is -2.83. The molecule has 1 saturated heterocycles. The average molecular weight is 383 g/mol. The molecular formula is C21H30N6O. The molecule has 0 radical (unpaired) electrons. The molecule has 2 N–H and O–H groups in total. The van der Waals surface area contributed by atoms with Gasteiger partial charge in [-0.05, 0) is 17.9 Å². The molecule has 2 atom stereocenters. The lowest BCUT2D eigenvalue weighted by Gasteiger charge is -2.39. The summed E-state index contributed by atoms with van der Waals surface area (Å²) in [5.41, 5.74) is 1.10. The Morgan fingerprint density at radius 3 is 2.82 bits per heavy atom. The maximum atomic E-state index is 12.1. The summed E-state index contributed by atoms with van der Waals surface area (Å²) in [7, 11) is 1.79. The predicted molar refractivity (Wildman–Crippen MR) is 111 cm³/mol. The number of nitrogens with zero attached hydrogens (tertiary/aromatic N) is 4. The van der Waals surface area contributed by atoms with Gasteiger partial charge in [-0.25, -0.2) is 4.98 Å². The maximum absolute atomic E-state index is 12.1. The first-order valence-corrected chi connectivity index (χ1v) is 9.91. The number of hydrogen-bond donors (Lipinski definition) is 2. The van der Waals surface area contributed by atoms with Gasteiger partial charge in [0, 0.05) is 52.0 Å². The SMILES string of the molecule is CN=C(NCCC(=O)NCc1ccccc1)N1CCC(C)C(n2ccnc2)C1. The molecule has 150 valence electrons. The Kier molecular flexibility index (Phi) is 7.06. The largest absolute Gasteiger partial charge is 0.356 e. The lowest BCUT2D eigenvalue weighted by Crippen LogP contribution is -2.49. The second-order valence-electron chi connectivity index (χ2n) is 7.28. The highest BCUT2D eigenvalue weighted by atomic mass is 16.1. The number of carbonyl (C=O) groups is 1. The van der Waals surface area contributed by atoms with Crippen molar-refractivity contribution in [3.63, 3.8) is 0 Å². The van der Waals surface area contributed by atoms with Gasteiger partial charge in [-0.1, -0.05) is 37.3 Å². The van der Waals surface area contributed by atoms with Crippen molar-refractivity contribution in [2.75, 3.05) is 26.7 Å². The van der Waals surface area contributed by atoms with E-state index in [1.807, 2.05) is 49.1 Å². The van der Waals surface area contributed by atoms with Gasteiger partial charge < -0.3 is 20.1 Å². The second-order valence-corrected chi connectivity index (χ2v) is 7.28. The first-order valence-electron chi connectivity index (χ1n) is 9.91. The minimum absolute atomic E-state index is 0.0374. The number of hydrogen-bond acceptors (Lipinski definition) is 3. The van der Waals surface area contributed by atoms with E-state index < -0.39 is 0 Å². The Balaban J connectivity index is 1.44. The summed E-state index contributed by atoms with van der Waals surface area (Å²) in [5.74, 6) is 1.48. The standard InChI is InChI=1S/C21H30N6O/c1-17-9-12-26(15-19(17)27-13-11-23-16-27)21(22-2)24-10-8-20(28)25-14-18-6-4-3-5-7-18/h3-7,11,13,16-17,19H,8-10,12,14-15H2,1-2H3,(H,22,24)(H,25,28). The van der Waals surface area contributed by atoms with Crippen LogP contribution in [0.1, 0.15) is 31.4 Å². The summed E-state index contributed by atoms with van der Waals surface area (Å²) in [4.78, 5) is 23.0. The number of piperidine rings is 1. The molecule has 2 heterocycles. The Labute approximate surface area is 166 Å². The van der Waals surface area contributed by atoms with Gasteiger partial charge in [0.1, 0.15) is 0 Å². The van der Waals surface area contributed by atoms with Gasteiger partial charge in [0.05, 0.1) is 12.4 Å². The molecule has 3 rings (SSSR count). The van der Waals surface area contributed by atoms with Crippen LogP contribution in [0.15, 0.2) is 54.0 Å². The maximum Gasteiger partial charge on any atom is 0.222 e. The molecule has 1 aliphatic rings. The second kappa shape index (κ2) is 9.92. The molecule has 2 unspecified atom stereocenters. The third-order valence-electron chi connectivity index (χ3n) is 5.31. The Bertz CT molecular complexity index is 758. The van der Waals surface area contributed by atoms with E-state index in [0.717, 1.165) is 31.0 Å². The van der Waals surface area contributed by atoms with E-state index in [1.54, 1.807) is 7.05 Å². The van der Waals surface area contributed by atoms with Gasteiger partial charge in [0.25, 0.3) is 0 Å². The van der Waals surface area contributed by atoms with Crippen LogP contribution in [0.4, 0.5) is 0 Å². The zero-order chi connectivity index (χ0) is 19.8. The molecule has 28 heavy (non-hydrogen) atoms. The number of benzene rings is 1. The van der Waals surface area contributed by atoms with Crippen LogP contribution in [-0.4, -0.2) is 53.0 Å². The van der Waals surface area contributed by atoms with Crippen LogP contribution in [-0.2, 0) is 11.3 Å². The first-order chi connectivity index (χ1) is 13.7. The van der Waals surface area contributed by atoms with Crippen molar-refractivity contribution in [2.24, 2.45) is 10.9 Å². The molecule has 7 heteroatoms. The molecule has 7 nitrogen and oxygen atoms in total. The fraction of sp³-hybridized carbons (Fsp3) is 0.476. The number of guanidine groups is 1. The monoisotopic (exact) mass is 382 g/mol. The zero-order valence-corrected chi connectivity index (χ0v) is 16.7. The highest BCUT2D eigenvalue weighted by Gasteiger charge is 2.28. The summed E-state index contributed by atoms with van der Waals surface area (Å²) < 4.78 is 2.18. The third-order valence-corrected chi connectivity index (χ3v) is 5.31. The summed E-state index contributed by atoms with van der Waals surface area (Å²) >= 11 is 0. The zero-order valence-electron chi connectivity index (χ0n) is 16.7. The number of imidazole rings is 1. The highest BCUT2D eigenvalue weighted by Crippen LogP contribution is 2.27. The van der Waals surface area contributed by atoms with E-state index in [0.29, 0.717) is 31.5 Å². The van der Waals surface area contributed by atoms with E-state index in [2.05, 4.69) is 37.0 Å². The number of rotatable bonds is 6.